The van der Waals surface area contributed by atoms with Gasteiger partial charge in [-0.1, -0.05) is 11.6 Å². The number of β-amino-alcohol motifs (C(OH)–C–C–N with tert-alkyl or cyclic N) is 1. The normalized spacial score (nSPS) is 25.2. The number of aromatic nitrogens is 1. The molecule has 4 nitrogen and oxygen atoms in total. The number of carbonyl (C=O) groups excluding carboxylic acids is 1. The van der Waals surface area contributed by atoms with E-state index in [4.69, 9.17) is 11.6 Å². The number of aliphatic hydroxyl groups excluding tert-OH is 1. The lowest BCUT2D eigenvalue weighted by molar-refractivity contribution is -0.133. The van der Waals surface area contributed by atoms with Gasteiger partial charge in [0.05, 0.1) is 16.5 Å². The molecule has 5 heteroatoms. The van der Waals surface area contributed by atoms with E-state index in [1.807, 2.05) is 6.07 Å². The number of likely N-dealkylation sites (tertiary alicyclic amines) is 1. The predicted octanol–water partition coefficient (Wildman–Crippen LogP) is 1.36. The van der Waals surface area contributed by atoms with Gasteiger partial charge < -0.3 is 10.0 Å². The van der Waals surface area contributed by atoms with Crippen molar-refractivity contribution >= 4 is 17.5 Å². The fourth-order valence-corrected chi connectivity index (χ4v) is 2.83. The first-order valence-electron chi connectivity index (χ1n) is 6.20. The van der Waals surface area contributed by atoms with Crippen LogP contribution in [-0.4, -0.2) is 40.1 Å². The van der Waals surface area contributed by atoms with Gasteiger partial charge in [-0.2, -0.15) is 0 Å². The molecule has 1 N–H and O–H groups in total. The molecule has 3 rings (SSSR count). The summed E-state index contributed by atoms with van der Waals surface area (Å²) >= 11 is 5.94. The minimum absolute atomic E-state index is 0.114. The molecule has 1 atom stereocenters. The zero-order valence-electron chi connectivity index (χ0n) is 9.97. The molecule has 1 aromatic heterocycles. The average Bonchev–Trinajstić information content (AvgIpc) is 3.06. The first-order valence-corrected chi connectivity index (χ1v) is 6.58. The van der Waals surface area contributed by atoms with Crippen LogP contribution in [0.4, 0.5) is 0 Å². The minimum Gasteiger partial charge on any atom is -0.391 e. The lowest BCUT2D eigenvalue weighted by Crippen LogP contribution is -2.38. The second-order valence-electron chi connectivity index (χ2n) is 5.17. The Labute approximate surface area is 111 Å². The van der Waals surface area contributed by atoms with Gasteiger partial charge >= 0.3 is 0 Å². The van der Waals surface area contributed by atoms with Gasteiger partial charge in [0.2, 0.25) is 5.91 Å². The van der Waals surface area contributed by atoms with Crippen molar-refractivity contribution in [1.82, 2.24) is 9.88 Å². The molecule has 1 aromatic rings. The number of aliphatic hydroxyl groups is 1. The number of rotatable bonds is 2. The first-order chi connectivity index (χ1) is 8.62. The van der Waals surface area contributed by atoms with E-state index in [1.165, 1.54) is 0 Å². The Kier molecular flexibility index (Phi) is 2.79. The molecule has 0 spiro atoms. The first kappa shape index (κ1) is 11.9. The van der Waals surface area contributed by atoms with Crippen LogP contribution in [0.2, 0.25) is 5.02 Å². The molecule has 2 heterocycles. The summed E-state index contributed by atoms with van der Waals surface area (Å²) in [5, 5.41) is 10.1. The Morgan fingerprint density at radius 3 is 2.83 bits per heavy atom. The highest BCUT2D eigenvalue weighted by Crippen LogP contribution is 2.50. The maximum Gasteiger partial charge on any atom is 0.233 e. The van der Waals surface area contributed by atoms with E-state index in [0.717, 1.165) is 18.4 Å². The van der Waals surface area contributed by atoms with Crippen LogP contribution in [0.5, 0.6) is 0 Å². The Morgan fingerprint density at radius 2 is 2.28 bits per heavy atom. The molecule has 1 aliphatic heterocycles. The molecule has 1 amide bonds. The van der Waals surface area contributed by atoms with Gasteiger partial charge in [-0.25, -0.2) is 0 Å². The maximum atomic E-state index is 12.5. The Bertz CT molecular complexity index is 488. The fourth-order valence-electron chi connectivity index (χ4n) is 2.65. The third-order valence-electron chi connectivity index (χ3n) is 3.87. The van der Waals surface area contributed by atoms with Crippen molar-refractivity contribution in [3.63, 3.8) is 0 Å². The second-order valence-corrected chi connectivity index (χ2v) is 5.60. The number of halogens is 1. The van der Waals surface area contributed by atoms with E-state index >= 15 is 0 Å². The molecule has 2 fully saturated rings. The summed E-state index contributed by atoms with van der Waals surface area (Å²) in [6.07, 6.45) is 5.30. The fraction of sp³-hybridized carbons (Fsp3) is 0.538. The Morgan fingerprint density at radius 1 is 1.50 bits per heavy atom. The van der Waals surface area contributed by atoms with Crippen molar-refractivity contribution in [3.8, 4) is 0 Å². The van der Waals surface area contributed by atoms with Gasteiger partial charge in [-0.15, -0.1) is 0 Å². The van der Waals surface area contributed by atoms with Gasteiger partial charge in [-0.05, 0) is 30.9 Å². The highest BCUT2D eigenvalue weighted by molar-refractivity contribution is 6.30. The van der Waals surface area contributed by atoms with Gasteiger partial charge in [0.1, 0.15) is 0 Å². The van der Waals surface area contributed by atoms with E-state index in [9.17, 15) is 9.90 Å². The van der Waals surface area contributed by atoms with E-state index in [-0.39, 0.29) is 12.0 Å². The highest BCUT2D eigenvalue weighted by Gasteiger charge is 2.54. The number of pyridine rings is 1. The molecular formula is C13H15ClN2O2. The van der Waals surface area contributed by atoms with Gasteiger partial charge in [0.15, 0.2) is 0 Å². The summed E-state index contributed by atoms with van der Waals surface area (Å²) in [6, 6.07) is 1.83. The molecular weight excluding hydrogens is 252 g/mol. The molecule has 0 aromatic carbocycles. The van der Waals surface area contributed by atoms with E-state index in [1.54, 1.807) is 17.3 Å². The van der Waals surface area contributed by atoms with Crippen molar-refractivity contribution in [3.05, 3.63) is 29.0 Å². The van der Waals surface area contributed by atoms with Crippen LogP contribution in [0.15, 0.2) is 18.5 Å². The van der Waals surface area contributed by atoms with Crippen LogP contribution in [-0.2, 0) is 10.2 Å². The lowest BCUT2D eigenvalue weighted by Gasteiger charge is -2.23. The summed E-state index contributed by atoms with van der Waals surface area (Å²) < 4.78 is 0. The average molecular weight is 267 g/mol. The molecule has 96 valence electrons. The minimum atomic E-state index is -0.429. The number of carbonyl (C=O) groups is 1. The SMILES string of the molecule is O=C(N1CC[C@@H](O)C1)C1(c2cncc(Cl)c2)CC1. The smallest absolute Gasteiger partial charge is 0.233 e. The van der Waals surface area contributed by atoms with Crippen molar-refractivity contribution < 1.29 is 9.90 Å². The second kappa shape index (κ2) is 4.21. The van der Waals surface area contributed by atoms with Crippen molar-refractivity contribution in [2.45, 2.75) is 30.8 Å². The Hall–Kier alpha value is -1.13. The maximum absolute atomic E-state index is 12.5. The standard InChI is InChI=1S/C13H15ClN2O2/c14-10-5-9(6-15-7-10)13(2-3-13)12(18)16-4-1-11(17)8-16/h5-7,11,17H,1-4,8H2/t11-/m1/s1. The van der Waals surface area contributed by atoms with Crippen LogP contribution in [0, 0.1) is 0 Å². The number of amides is 1. The summed E-state index contributed by atoms with van der Waals surface area (Å²) in [5.41, 5.74) is 0.475. The van der Waals surface area contributed by atoms with Crippen LogP contribution in [0.3, 0.4) is 0 Å². The van der Waals surface area contributed by atoms with Crippen LogP contribution in [0.25, 0.3) is 0 Å². The molecule has 0 unspecified atom stereocenters. The van der Waals surface area contributed by atoms with E-state index in [2.05, 4.69) is 4.98 Å². The summed E-state index contributed by atoms with van der Waals surface area (Å²) in [4.78, 5) is 18.4. The monoisotopic (exact) mass is 266 g/mol. The molecule has 0 bridgehead atoms. The van der Waals surface area contributed by atoms with E-state index < -0.39 is 5.41 Å². The third-order valence-corrected chi connectivity index (χ3v) is 4.07. The molecule has 18 heavy (non-hydrogen) atoms. The quantitative estimate of drug-likeness (QED) is 0.879. The zero-order chi connectivity index (χ0) is 12.8. The van der Waals surface area contributed by atoms with Crippen molar-refractivity contribution in [2.24, 2.45) is 0 Å². The lowest BCUT2D eigenvalue weighted by atomic mass is 9.96. The molecule has 1 saturated carbocycles. The molecule has 1 aliphatic carbocycles. The zero-order valence-corrected chi connectivity index (χ0v) is 10.7. The van der Waals surface area contributed by atoms with Crippen molar-refractivity contribution in [1.29, 1.82) is 0 Å². The van der Waals surface area contributed by atoms with Gasteiger partial charge in [0, 0.05) is 25.5 Å². The molecule has 2 aliphatic rings. The molecule has 1 saturated heterocycles. The van der Waals surface area contributed by atoms with Crippen molar-refractivity contribution in [2.75, 3.05) is 13.1 Å². The number of hydrogen-bond acceptors (Lipinski definition) is 3. The Balaban J connectivity index is 1.85. The topological polar surface area (TPSA) is 53.4 Å². The number of nitrogens with zero attached hydrogens (tertiary/aromatic N) is 2. The summed E-state index contributed by atoms with van der Waals surface area (Å²) in [7, 11) is 0. The number of hydrogen-bond donors (Lipinski definition) is 1. The predicted molar refractivity (Wildman–Crippen MR) is 67.4 cm³/mol. The van der Waals surface area contributed by atoms with Crippen LogP contribution in [0.1, 0.15) is 24.8 Å². The van der Waals surface area contributed by atoms with Gasteiger partial charge in [-0.3, -0.25) is 9.78 Å². The van der Waals surface area contributed by atoms with Crippen LogP contribution >= 0.6 is 11.6 Å². The van der Waals surface area contributed by atoms with E-state index in [0.29, 0.717) is 24.5 Å². The van der Waals surface area contributed by atoms with Crippen LogP contribution < -0.4 is 0 Å². The summed E-state index contributed by atoms with van der Waals surface area (Å²) in [6.45, 7) is 1.10. The van der Waals surface area contributed by atoms with Gasteiger partial charge in [0.25, 0.3) is 0 Å². The molecule has 0 radical (unpaired) electrons. The summed E-state index contributed by atoms with van der Waals surface area (Å²) in [5.74, 6) is 0.114. The third kappa shape index (κ3) is 1.89. The highest BCUT2D eigenvalue weighted by atomic mass is 35.5. The largest absolute Gasteiger partial charge is 0.391 e.